The van der Waals surface area contributed by atoms with Crippen molar-refractivity contribution in [1.82, 2.24) is 4.98 Å². The third kappa shape index (κ3) is 5.68. The van der Waals surface area contributed by atoms with E-state index >= 15 is 0 Å². The highest BCUT2D eigenvalue weighted by Gasteiger charge is 2.22. The third-order valence-electron chi connectivity index (χ3n) is 3.93. The van der Waals surface area contributed by atoms with Crippen LogP contribution < -0.4 is 15.4 Å². The number of benzene rings is 1. The maximum Gasteiger partial charge on any atom is 0.343 e. The van der Waals surface area contributed by atoms with E-state index in [1.807, 2.05) is 19.1 Å². The van der Waals surface area contributed by atoms with Crippen molar-refractivity contribution >= 4 is 23.4 Å². The van der Waals surface area contributed by atoms with E-state index in [0.717, 1.165) is 5.56 Å². The van der Waals surface area contributed by atoms with Crippen LogP contribution in [0.25, 0.3) is 0 Å². The van der Waals surface area contributed by atoms with Gasteiger partial charge in [-0.3, -0.25) is 4.79 Å². The fraction of sp³-hybridized carbons (Fsp3) is 0.316. The van der Waals surface area contributed by atoms with Crippen molar-refractivity contribution in [2.75, 3.05) is 31.0 Å². The summed E-state index contributed by atoms with van der Waals surface area (Å²) in [5, 5.41) is 9.31. The van der Waals surface area contributed by atoms with Gasteiger partial charge >= 0.3 is 5.97 Å². The number of anilines is 2. The Balaban J connectivity index is 2.08. The summed E-state index contributed by atoms with van der Waals surface area (Å²) >= 11 is 0. The number of nitrogens with two attached hydrogens (primary N) is 1. The van der Waals surface area contributed by atoms with E-state index in [2.05, 4.69) is 9.72 Å². The number of hydrogen-bond donors (Lipinski definition) is 2. The first-order valence-electron chi connectivity index (χ1n) is 8.37. The SMILES string of the molecule is COC(=O)COc1ccc(CC(C)N(C(=O)CO)c2ccc(N)nc2)cc1. The molecule has 0 saturated heterocycles. The fourth-order valence-corrected chi connectivity index (χ4v) is 2.62. The summed E-state index contributed by atoms with van der Waals surface area (Å²) in [7, 11) is 1.30. The van der Waals surface area contributed by atoms with Gasteiger partial charge in [0, 0.05) is 6.04 Å². The van der Waals surface area contributed by atoms with E-state index in [-0.39, 0.29) is 12.6 Å². The third-order valence-corrected chi connectivity index (χ3v) is 3.93. The molecule has 2 rings (SSSR count). The number of esters is 1. The fourth-order valence-electron chi connectivity index (χ4n) is 2.62. The van der Waals surface area contributed by atoms with E-state index in [0.29, 0.717) is 23.7 Å². The Morgan fingerprint density at radius 3 is 2.48 bits per heavy atom. The monoisotopic (exact) mass is 373 g/mol. The lowest BCUT2D eigenvalue weighted by Gasteiger charge is -2.29. The molecule has 0 bridgehead atoms. The van der Waals surface area contributed by atoms with Gasteiger partial charge in [0.1, 0.15) is 18.2 Å². The van der Waals surface area contributed by atoms with Crippen LogP contribution in [0.5, 0.6) is 5.75 Å². The molecule has 3 N–H and O–H groups in total. The van der Waals surface area contributed by atoms with Gasteiger partial charge in [-0.25, -0.2) is 9.78 Å². The summed E-state index contributed by atoms with van der Waals surface area (Å²) < 4.78 is 9.83. The Bertz CT molecular complexity index is 762. The zero-order valence-corrected chi connectivity index (χ0v) is 15.3. The molecule has 0 aliphatic carbocycles. The first-order chi connectivity index (χ1) is 12.9. The molecule has 144 valence electrons. The van der Waals surface area contributed by atoms with Gasteiger partial charge < -0.3 is 25.2 Å². The predicted octanol–water partition coefficient (Wildman–Crippen LogP) is 1.17. The van der Waals surface area contributed by atoms with Crippen molar-refractivity contribution in [3.05, 3.63) is 48.2 Å². The molecule has 0 aliphatic rings. The molecule has 1 aromatic carbocycles. The second kappa shape index (κ2) is 9.54. The molecule has 1 atom stereocenters. The molecule has 8 heteroatoms. The minimum Gasteiger partial charge on any atom is -0.482 e. The van der Waals surface area contributed by atoms with Crippen molar-refractivity contribution in [2.45, 2.75) is 19.4 Å². The summed E-state index contributed by atoms with van der Waals surface area (Å²) in [6.45, 7) is 1.12. The average molecular weight is 373 g/mol. The van der Waals surface area contributed by atoms with Crippen LogP contribution in [0.1, 0.15) is 12.5 Å². The molecule has 27 heavy (non-hydrogen) atoms. The lowest BCUT2D eigenvalue weighted by Crippen LogP contribution is -2.41. The second-order valence-electron chi connectivity index (χ2n) is 5.93. The summed E-state index contributed by atoms with van der Waals surface area (Å²) in [5.74, 6) is 0.0169. The van der Waals surface area contributed by atoms with Crippen molar-refractivity contribution in [1.29, 1.82) is 0 Å². The molecule has 1 aromatic heterocycles. The van der Waals surface area contributed by atoms with Crippen molar-refractivity contribution in [3.8, 4) is 5.75 Å². The lowest BCUT2D eigenvalue weighted by atomic mass is 10.0. The zero-order valence-electron chi connectivity index (χ0n) is 15.3. The number of pyridine rings is 1. The normalized spacial score (nSPS) is 11.5. The minimum absolute atomic E-state index is 0.158. The van der Waals surface area contributed by atoms with Crippen molar-refractivity contribution in [2.24, 2.45) is 0 Å². The Morgan fingerprint density at radius 1 is 1.22 bits per heavy atom. The molecule has 2 aromatic rings. The minimum atomic E-state index is -0.602. The smallest absolute Gasteiger partial charge is 0.343 e. The van der Waals surface area contributed by atoms with Crippen LogP contribution in [0.15, 0.2) is 42.6 Å². The number of carbonyl (C=O) groups is 2. The number of ether oxygens (including phenoxy) is 2. The second-order valence-corrected chi connectivity index (χ2v) is 5.93. The number of aliphatic hydroxyl groups excluding tert-OH is 1. The van der Waals surface area contributed by atoms with E-state index in [1.54, 1.807) is 24.3 Å². The highest BCUT2D eigenvalue weighted by atomic mass is 16.6. The van der Waals surface area contributed by atoms with Crippen LogP contribution >= 0.6 is 0 Å². The van der Waals surface area contributed by atoms with E-state index in [9.17, 15) is 14.7 Å². The van der Waals surface area contributed by atoms with Crippen LogP contribution in [0.2, 0.25) is 0 Å². The van der Waals surface area contributed by atoms with Gasteiger partial charge in [0.25, 0.3) is 5.91 Å². The van der Waals surface area contributed by atoms with Crippen LogP contribution in [0.3, 0.4) is 0 Å². The quantitative estimate of drug-likeness (QED) is 0.668. The average Bonchev–Trinajstić information content (AvgIpc) is 2.68. The number of methoxy groups -OCH3 is 1. The number of aliphatic hydroxyl groups is 1. The maximum absolute atomic E-state index is 12.2. The molecule has 0 saturated carbocycles. The number of aromatic nitrogens is 1. The first-order valence-corrected chi connectivity index (χ1v) is 8.37. The molecule has 0 radical (unpaired) electrons. The molecule has 1 unspecified atom stereocenters. The number of nitrogen functional groups attached to an aromatic ring is 1. The number of nitrogens with zero attached hydrogens (tertiary/aromatic N) is 2. The highest BCUT2D eigenvalue weighted by Crippen LogP contribution is 2.21. The lowest BCUT2D eigenvalue weighted by molar-refractivity contribution is -0.142. The van der Waals surface area contributed by atoms with Gasteiger partial charge in [0.15, 0.2) is 6.61 Å². The summed E-state index contributed by atoms with van der Waals surface area (Å²) in [6.07, 6.45) is 2.05. The Hall–Kier alpha value is -3.13. The molecule has 1 amide bonds. The maximum atomic E-state index is 12.2. The van der Waals surface area contributed by atoms with Gasteiger partial charge in [-0.1, -0.05) is 12.1 Å². The summed E-state index contributed by atoms with van der Waals surface area (Å²) in [6, 6.07) is 10.3. The molecule has 1 heterocycles. The molecule has 0 aliphatic heterocycles. The van der Waals surface area contributed by atoms with Crippen LogP contribution in [0, 0.1) is 0 Å². The number of carbonyl (C=O) groups excluding carboxylic acids is 2. The number of amides is 1. The van der Waals surface area contributed by atoms with E-state index in [1.165, 1.54) is 18.2 Å². The van der Waals surface area contributed by atoms with Crippen LogP contribution in [-0.2, 0) is 20.7 Å². The number of hydrogen-bond acceptors (Lipinski definition) is 7. The zero-order chi connectivity index (χ0) is 19.8. The summed E-state index contributed by atoms with van der Waals surface area (Å²) in [5.41, 5.74) is 7.13. The molecular weight excluding hydrogens is 350 g/mol. The molecule has 0 spiro atoms. The Labute approximate surface area is 157 Å². The van der Waals surface area contributed by atoms with Crippen LogP contribution in [0.4, 0.5) is 11.5 Å². The van der Waals surface area contributed by atoms with Gasteiger partial charge in [0.05, 0.1) is 19.0 Å². The van der Waals surface area contributed by atoms with E-state index < -0.39 is 18.5 Å². The molecule has 0 fully saturated rings. The first kappa shape index (κ1) is 20.2. The molecular formula is C19H23N3O5. The van der Waals surface area contributed by atoms with Gasteiger partial charge in [-0.15, -0.1) is 0 Å². The highest BCUT2D eigenvalue weighted by molar-refractivity contribution is 5.94. The predicted molar refractivity (Wildman–Crippen MR) is 100 cm³/mol. The Morgan fingerprint density at radius 2 is 1.93 bits per heavy atom. The van der Waals surface area contributed by atoms with Gasteiger partial charge in [-0.2, -0.15) is 0 Å². The van der Waals surface area contributed by atoms with Crippen molar-refractivity contribution in [3.63, 3.8) is 0 Å². The van der Waals surface area contributed by atoms with Crippen molar-refractivity contribution < 1.29 is 24.2 Å². The van der Waals surface area contributed by atoms with Gasteiger partial charge in [-0.05, 0) is 43.2 Å². The van der Waals surface area contributed by atoms with Crippen LogP contribution in [-0.4, -0.2) is 48.3 Å². The standard InChI is InChI=1S/C19H23N3O5/c1-13(22(18(24)11-23)15-5-8-17(20)21-10-15)9-14-3-6-16(7-4-14)27-12-19(25)26-2/h3-8,10,13,23H,9,11-12H2,1-2H3,(H2,20,21). The van der Waals surface area contributed by atoms with Gasteiger partial charge in [0.2, 0.25) is 0 Å². The van der Waals surface area contributed by atoms with E-state index in [4.69, 9.17) is 10.5 Å². The largest absolute Gasteiger partial charge is 0.482 e. The molecule has 8 nitrogen and oxygen atoms in total. The Kier molecular flexibility index (Phi) is 7.13. The topological polar surface area (TPSA) is 115 Å². The summed E-state index contributed by atoms with van der Waals surface area (Å²) in [4.78, 5) is 28.8. The number of rotatable bonds is 8.